The normalized spacial score (nSPS) is 28.5. The Morgan fingerprint density at radius 3 is 2.45 bits per heavy atom. The third-order valence-electron chi connectivity index (χ3n) is 5.05. The van der Waals surface area contributed by atoms with Crippen LogP contribution in [0.1, 0.15) is 79.1 Å². The molecular formula is C18H37NO. The van der Waals surface area contributed by atoms with Gasteiger partial charge in [-0.3, -0.25) is 0 Å². The van der Waals surface area contributed by atoms with Crippen LogP contribution in [0.5, 0.6) is 0 Å². The van der Waals surface area contributed by atoms with Gasteiger partial charge in [-0.1, -0.05) is 47.0 Å². The molecule has 0 saturated heterocycles. The molecule has 20 heavy (non-hydrogen) atoms. The van der Waals surface area contributed by atoms with Crippen molar-refractivity contribution in [1.29, 1.82) is 0 Å². The second kappa shape index (κ2) is 9.78. The molecule has 2 heteroatoms. The second-order valence-corrected chi connectivity index (χ2v) is 6.87. The van der Waals surface area contributed by atoms with Gasteiger partial charge in [0.25, 0.3) is 0 Å². The van der Waals surface area contributed by atoms with E-state index in [0.29, 0.717) is 0 Å². The van der Waals surface area contributed by atoms with Crippen molar-refractivity contribution in [3.63, 3.8) is 0 Å². The van der Waals surface area contributed by atoms with Gasteiger partial charge in [-0.05, 0) is 50.5 Å². The lowest BCUT2D eigenvalue weighted by atomic mass is 9.79. The van der Waals surface area contributed by atoms with Crippen LogP contribution >= 0.6 is 0 Å². The summed E-state index contributed by atoms with van der Waals surface area (Å²) in [6, 6.07) is 0. The van der Waals surface area contributed by atoms with Gasteiger partial charge in [-0.15, -0.1) is 0 Å². The fraction of sp³-hybridized carbons (Fsp3) is 1.00. The van der Waals surface area contributed by atoms with Crippen molar-refractivity contribution >= 4 is 0 Å². The summed E-state index contributed by atoms with van der Waals surface area (Å²) in [7, 11) is 0. The molecule has 0 radical (unpaired) electrons. The molecule has 2 nitrogen and oxygen atoms in total. The van der Waals surface area contributed by atoms with E-state index in [0.717, 1.165) is 31.5 Å². The van der Waals surface area contributed by atoms with Crippen LogP contribution in [0.3, 0.4) is 0 Å². The van der Waals surface area contributed by atoms with Crippen molar-refractivity contribution in [2.24, 2.45) is 11.8 Å². The molecule has 0 heterocycles. The maximum atomic E-state index is 6.51. The zero-order valence-electron chi connectivity index (χ0n) is 14.3. The molecule has 1 aliphatic carbocycles. The average Bonchev–Trinajstić information content (AvgIpc) is 2.48. The summed E-state index contributed by atoms with van der Waals surface area (Å²) in [5.41, 5.74) is 0.127. The van der Waals surface area contributed by atoms with Gasteiger partial charge in [0.2, 0.25) is 0 Å². The SMILES string of the molecule is CCCCC(CC)COC1(CNCC)CCC(C)CC1. The standard InChI is InChI=1S/C18H37NO/c1-5-8-9-17(6-2)14-20-18(15-19-7-3)12-10-16(4)11-13-18/h16-17,19H,5-15H2,1-4H3. The number of ether oxygens (including phenoxy) is 1. The molecule has 1 fully saturated rings. The van der Waals surface area contributed by atoms with E-state index < -0.39 is 0 Å². The summed E-state index contributed by atoms with van der Waals surface area (Å²) in [4.78, 5) is 0. The number of likely N-dealkylation sites (N-methyl/N-ethyl adjacent to an activating group) is 1. The number of hydrogen-bond donors (Lipinski definition) is 1. The van der Waals surface area contributed by atoms with Crippen molar-refractivity contribution in [2.75, 3.05) is 19.7 Å². The molecule has 0 spiro atoms. The largest absolute Gasteiger partial charge is 0.373 e. The number of rotatable bonds is 10. The zero-order chi connectivity index (χ0) is 14.8. The summed E-state index contributed by atoms with van der Waals surface area (Å²) >= 11 is 0. The first-order valence-electron chi connectivity index (χ1n) is 9.00. The number of hydrogen-bond acceptors (Lipinski definition) is 2. The van der Waals surface area contributed by atoms with E-state index in [1.165, 1.54) is 51.4 Å². The third kappa shape index (κ3) is 6.13. The molecule has 0 aromatic carbocycles. The summed E-state index contributed by atoms with van der Waals surface area (Å²) in [5.74, 6) is 1.64. The van der Waals surface area contributed by atoms with Gasteiger partial charge in [0.15, 0.2) is 0 Å². The van der Waals surface area contributed by atoms with Crippen LogP contribution in [0, 0.1) is 11.8 Å². The first-order valence-corrected chi connectivity index (χ1v) is 9.00. The van der Waals surface area contributed by atoms with Crippen molar-refractivity contribution in [3.8, 4) is 0 Å². The fourth-order valence-corrected chi connectivity index (χ4v) is 3.21. The van der Waals surface area contributed by atoms with Crippen LogP contribution < -0.4 is 5.32 Å². The highest BCUT2D eigenvalue weighted by atomic mass is 16.5. The van der Waals surface area contributed by atoms with E-state index in [2.05, 4.69) is 33.0 Å². The molecule has 0 amide bonds. The van der Waals surface area contributed by atoms with Gasteiger partial charge in [-0.25, -0.2) is 0 Å². The van der Waals surface area contributed by atoms with Crippen LogP contribution in [-0.4, -0.2) is 25.3 Å². The molecule has 0 aliphatic heterocycles. The lowest BCUT2D eigenvalue weighted by Crippen LogP contribution is -2.46. The van der Waals surface area contributed by atoms with Crippen LogP contribution in [0.4, 0.5) is 0 Å². The predicted molar refractivity (Wildman–Crippen MR) is 88.2 cm³/mol. The van der Waals surface area contributed by atoms with Gasteiger partial charge in [0.05, 0.1) is 12.2 Å². The molecule has 0 aromatic heterocycles. The Morgan fingerprint density at radius 2 is 1.90 bits per heavy atom. The van der Waals surface area contributed by atoms with Gasteiger partial charge in [-0.2, -0.15) is 0 Å². The smallest absolute Gasteiger partial charge is 0.0806 e. The van der Waals surface area contributed by atoms with Crippen LogP contribution in [0.15, 0.2) is 0 Å². The van der Waals surface area contributed by atoms with Crippen molar-refractivity contribution in [1.82, 2.24) is 5.32 Å². The van der Waals surface area contributed by atoms with E-state index in [-0.39, 0.29) is 5.60 Å². The molecule has 1 atom stereocenters. The maximum absolute atomic E-state index is 6.51. The van der Waals surface area contributed by atoms with Crippen LogP contribution in [0.25, 0.3) is 0 Å². The lowest BCUT2D eigenvalue weighted by molar-refractivity contribution is -0.0886. The molecule has 1 saturated carbocycles. The molecule has 1 N–H and O–H groups in total. The Balaban J connectivity index is 2.47. The Morgan fingerprint density at radius 1 is 1.20 bits per heavy atom. The van der Waals surface area contributed by atoms with Crippen LogP contribution in [0.2, 0.25) is 0 Å². The molecule has 120 valence electrons. The molecule has 1 unspecified atom stereocenters. The Hall–Kier alpha value is -0.0800. The van der Waals surface area contributed by atoms with E-state index in [1.807, 2.05) is 0 Å². The molecule has 1 rings (SSSR count). The quantitative estimate of drug-likeness (QED) is 0.623. The third-order valence-corrected chi connectivity index (χ3v) is 5.05. The highest BCUT2D eigenvalue weighted by Crippen LogP contribution is 2.35. The zero-order valence-corrected chi connectivity index (χ0v) is 14.3. The minimum Gasteiger partial charge on any atom is -0.373 e. The molecule has 0 bridgehead atoms. The average molecular weight is 284 g/mol. The number of nitrogens with one attached hydrogen (secondary N) is 1. The highest BCUT2D eigenvalue weighted by Gasteiger charge is 2.35. The predicted octanol–water partition coefficient (Wildman–Crippen LogP) is 4.78. The van der Waals surface area contributed by atoms with E-state index in [9.17, 15) is 0 Å². The molecule has 0 aromatic rings. The topological polar surface area (TPSA) is 21.3 Å². The summed E-state index contributed by atoms with van der Waals surface area (Å²) in [5, 5.41) is 3.53. The van der Waals surface area contributed by atoms with Gasteiger partial charge < -0.3 is 10.1 Å². The van der Waals surface area contributed by atoms with Crippen LogP contribution in [-0.2, 0) is 4.74 Å². The minimum absolute atomic E-state index is 0.127. The molecule has 1 aliphatic rings. The van der Waals surface area contributed by atoms with Crippen molar-refractivity contribution in [2.45, 2.75) is 84.7 Å². The Bertz CT molecular complexity index is 228. The van der Waals surface area contributed by atoms with E-state index in [4.69, 9.17) is 4.74 Å². The number of unbranched alkanes of at least 4 members (excludes halogenated alkanes) is 1. The monoisotopic (exact) mass is 283 g/mol. The fourth-order valence-electron chi connectivity index (χ4n) is 3.21. The first kappa shape index (κ1) is 18.0. The molecular weight excluding hydrogens is 246 g/mol. The Labute approximate surface area is 127 Å². The first-order chi connectivity index (χ1) is 9.65. The van der Waals surface area contributed by atoms with Gasteiger partial charge >= 0.3 is 0 Å². The van der Waals surface area contributed by atoms with Crippen molar-refractivity contribution < 1.29 is 4.74 Å². The summed E-state index contributed by atoms with van der Waals surface area (Å²) < 4.78 is 6.51. The highest BCUT2D eigenvalue weighted by molar-refractivity contribution is 4.88. The minimum atomic E-state index is 0.127. The van der Waals surface area contributed by atoms with E-state index >= 15 is 0 Å². The summed E-state index contributed by atoms with van der Waals surface area (Å²) in [6.45, 7) is 12.2. The van der Waals surface area contributed by atoms with Gasteiger partial charge in [0.1, 0.15) is 0 Å². The summed E-state index contributed by atoms with van der Waals surface area (Å²) in [6.07, 6.45) is 10.4. The van der Waals surface area contributed by atoms with E-state index in [1.54, 1.807) is 0 Å². The second-order valence-electron chi connectivity index (χ2n) is 6.87. The van der Waals surface area contributed by atoms with Crippen molar-refractivity contribution in [3.05, 3.63) is 0 Å². The maximum Gasteiger partial charge on any atom is 0.0806 e. The van der Waals surface area contributed by atoms with Gasteiger partial charge in [0, 0.05) is 6.54 Å². The Kier molecular flexibility index (Phi) is 8.79. The lowest BCUT2D eigenvalue weighted by Gasteiger charge is -2.40.